The summed E-state index contributed by atoms with van der Waals surface area (Å²) in [5.74, 6) is 0. The lowest BCUT2D eigenvalue weighted by molar-refractivity contribution is 0.423. The number of fused-ring (bicyclic) bond motifs is 6. The van der Waals surface area contributed by atoms with Gasteiger partial charge in [0.15, 0.2) is 0 Å². The average Bonchev–Trinajstić information content (AvgIpc) is 2.81. The third kappa shape index (κ3) is 0.952. The Hall–Kier alpha value is -1.31. The van der Waals surface area contributed by atoms with Crippen molar-refractivity contribution >= 4 is 22.5 Å². The van der Waals surface area contributed by atoms with Crippen LogP contribution in [0, 0.1) is 0 Å². The summed E-state index contributed by atoms with van der Waals surface area (Å²) in [6.45, 7) is 0. The lowest BCUT2D eigenvalue weighted by Gasteiger charge is -2.10. The first kappa shape index (κ1) is 8.80. The molecule has 0 saturated heterocycles. The van der Waals surface area contributed by atoms with Gasteiger partial charge in [0.05, 0.1) is 12.1 Å². The summed E-state index contributed by atoms with van der Waals surface area (Å²) in [6.07, 6.45) is 4.38. The third-order valence-corrected chi connectivity index (χ3v) is 4.02. The van der Waals surface area contributed by atoms with Crippen LogP contribution in [0.3, 0.4) is 0 Å². The minimum atomic E-state index is 0.270. The van der Waals surface area contributed by atoms with E-state index in [2.05, 4.69) is 48.6 Å². The van der Waals surface area contributed by atoms with E-state index < -0.39 is 0 Å². The largest absolute Gasteiger partial charge is 0.197 e. The van der Waals surface area contributed by atoms with Crippen molar-refractivity contribution < 1.29 is 0 Å². The Morgan fingerprint density at radius 3 is 1.88 bits per heavy atom. The molecule has 2 bridgehead atoms. The molecule has 0 radical (unpaired) electrons. The zero-order valence-electron chi connectivity index (χ0n) is 8.60. The number of nitrogens with zero attached hydrogens (tertiary/aromatic N) is 1. The summed E-state index contributed by atoms with van der Waals surface area (Å²) in [5.41, 5.74) is 2.72. The maximum Gasteiger partial charge on any atom is 0.0696 e. The van der Waals surface area contributed by atoms with Crippen molar-refractivity contribution in [1.82, 2.24) is 4.42 Å². The minimum absolute atomic E-state index is 0.270. The minimum Gasteiger partial charge on any atom is -0.197 e. The molecule has 2 aliphatic heterocycles. The summed E-state index contributed by atoms with van der Waals surface area (Å²) in [6, 6.07) is 13.6. The van der Waals surface area contributed by atoms with Gasteiger partial charge in [-0.2, -0.15) is 4.42 Å². The SMILES string of the molecule is ClN1C2C=CC1c1cc3ccccc3cc12. The molecule has 0 N–H and O–H groups in total. The molecular weight excluding hydrogens is 218 g/mol. The third-order valence-electron chi connectivity index (χ3n) is 3.60. The van der Waals surface area contributed by atoms with Crippen molar-refractivity contribution in [3.05, 3.63) is 59.7 Å². The molecule has 0 amide bonds. The molecule has 1 nitrogen and oxygen atoms in total. The van der Waals surface area contributed by atoms with Crippen molar-refractivity contribution in [2.45, 2.75) is 12.1 Å². The van der Waals surface area contributed by atoms with Crippen LogP contribution in [0.25, 0.3) is 10.8 Å². The van der Waals surface area contributed by atoms with E-state index >= 15 is 0 Å². The fourth-order valence-corrected chi connectivity index (χ4v) is 3.15. The normalized spacial score (nSPS) is 26.6. The summed E-state index contributed by atoms with van der Waals surface area (Å²) < 4.78 is 1.91. The molecule has 0 saturated carbocycles. The van der Waals surface area contributed by atoms with Gasteiger partial charge >= 0.3 is 0 Å². The molecule has 2 heteroatoms. The highest BCUT2D eigenvalue weighted by molar-refractivity contribution is 6.14. The standard InChI is InChI=1S/C14H10ClN/c15-16-13-5-6-14(16)12-8-10-4-2-1-3-9(10)7-11(12)13/h1-8,13-14H. The highest BCUT2D eigenvalue weighted by atomic mass is 35.5. The van der Waals surface area contributed by atoms with Crippen molar-refractivity contribution in [3.8, 4) is 0 Å². The van der Waals surface area contributed by atoms with E-state index in [0.717, 1.165) is 0 Å². The first-order chi connectivity index (χ1) is 7.84. The van der Waals surface area contributed by atoms with Crippen LogP contribution in [-0.2, 0) is 0 Å². The van der Waals surface area contributed by atoms with Gasteiger partial charge < -0.3 is 0 Å². The van der Waals surface area contributed by atoms with Gasteiger partial charge in [-0.3, -0.25) is 0 Å². The van der Waals surface area contributed by atoms with Crippen LogP contribution in [-0.4, -0.2) is 4.42 Å². The molecule has 0 aromatic heterocycles. The fourth-order valence-electron chi connectivity index (χ4n) is 2.81. The van der Waals surface area contributed by atoms with E-state index in [9.17, 15) is 0 Å². The predicted octanol–water partition coefficient (Wildman–Crippen LogP) is 3.96. The fraction of sp³-hybridized carbons (Fsp3) is 0.143. The second-order valence-electron chi connectivity index (χ2n) is 4.45. The zero-order valence-corrected chi connectivity index (χ0v) is 9.35. The molecule has 0 aliphatic carbocycles. The molecule has 2 unspecified atom stereocenters. The number of rotatable bonds is 0. The summed E-state index contributed by atoms with van der Waals surface area (Å²) in [4.78, 5) is 0. The van der Waals surface area contributed by atoms with Gasteiger partial charge in [-0.05, 0) is 45.8 Å². The number of halogens is 1. The van der Waals surface area contributed by atoms with Crippen LogP contribution >= 0.6 is 11.8 Å². The second-order valence-corrected chi connectivity index (χ2v) is 4.84. The summed E-state index contributed by atoms with van der Waals surface area (Å²) >= 11 is 6.28. The monoisotopic (exact) mass is 227 g/mol. The van der Waals surface area contributed by atoms with Crippen LogP contribution in [0.4, 0.5) is 0 Å². The highest BCUT2D eigenvalue weighted by Gasteiger charge is 2.39. The first-order valence-corrected chi connectivity index (χ1v) is 5.83. The van der Waals surface area contributed by atoms with Crippen molar-refractivity contribution in [1.29, 1.82) is 0 Å². The van der Waals surface area contributed by atoms with Crippen molar-refractivity contribution in [2.75, 3.05) is 0 Å². The Balaban J connectivity index is 2.06. The molecule has 2 aromatic carbocycles. The quantitative estimate of drug-likeness (QED) is 0.486. The Labute approximate surface area is 99.0 Å². The van der Waals surface area contributed by atoms with Crippen LogP contribution < -0.4 is 0 Å². The Morgan fingerprint density at radius 1 is 0.875 bits per heavy atom. The molecule has 0 fully saturated rings. The van der Waals surface area contributed by atoms with Crippen molar-refractivity contribution in [2.24, 2.45) is 0 Å². The van der Waals surface area contributed by atoms with Gasteiger partial charge in [0.1, 0.15) is 0 Å². The van der Waals surface area contributed by atoms with Gasteiger partial charge in [-0.15, -0.1) is 0 Å². The lowest BCUT2D eigenvalue weighted by atomic mass is 9.93. The topological polar surface area (TPSA) is 3.24 Å². The molecule has 16 heavy (non-hydrogen) atoms. The van der Waals surface area contributed by atoms with Crippen LogP contribution in [0.2, 0.25) is 0 Å². The number of hydrogen-bond donors (Lipinski definition) is 0. The first-order valence-electron chi connectivity index (χ1n) is 5.49. The molecule has 0 spiro atoms. The summed E-state index contributed by atoms with van der Waals surface area (Å²) in [5, 5.41) is 2.60. The molecule has 78 valence electrons. The van der Waals surface area contributed by atoms with Crippen LogP contribution in [0.5, 0.6) is 0 Å². The summed E-state index contributed by atoms with van der Waals surface area (Å²) in [7, 11) is 0. The van der Waals surface area contributed by atoms with E-state index in [1.54, 1.807) is 0 Å². The Bertz CT molecular complexity index is 565. The molecule has 2 heterocycles. The molecule has 2 aliphatic rings. The number of benzene rings is 2. The molecule has 2 atom stereocenters. The zero-order chi connectivity index (χ0) is 10.7. The Morgan fingerprint density at radius 2 is 1.38 bits per heavy atom. The highest BCUT2D eigenvalue weighted by Crippen LogP contribution is 2.50. The second kappa shape index (κ2) is 2.88. The van der Waals surface area contributed by atoms with E-state index in [4.69, 9.17) is 11.8 Å². The molecular formula is C14H10ClN. The van der Waals surface area contributed by atoms with Gasteiger partial charge in [-0.1, -0.05) is 36.4 Å². The Kier molecular flexibility index (Phi) is 1.58. The van der Waals surface area contributed by atoms with Gasteiger partial charge in [0.25, 0.3) is 0 Å². The number of hydrogen-bond acceptors (Lipinski definition) is 1. The van der Waals surface area contributed by atoms with E-state index in [1.165, 1.54) is 21.9 Å². The van der Waals surface area contributed by atoms with Crippen LogP contribution in [0.15, 0.2) is 48.6 Å². The van der Waals surface area contributed by atoms with E-state index in [-0.39, 0.29) is 12.1 Å². The molecule has 4 rings (SSSR count). The lowest BCUT2D eigenvalue weighted by Crippen LogP contribution is -2.05. The predicted molar refractivity (Wildman–Crippen MR) is 66.3 cm³/mol. The van der Waals surface area contributed by atoms with Crippen LogP contribution in [0.1, 0.15) is 23.2 Å². The maximum atomic E-state index is 6.28. The van der Waals surface area contributed by atoms with Crippen molar-refractivity contribution in [3.63, 3.8) is 0 Å². The van der Waals surface area contributed by atoms with Gasteiger partial charge in [0, 0.05) is 0 Å². The molecule has 2 aromatic rings. The van der Waals surface area contributed by atoms with E-state index in [0.29, 0.717) is 0 Å². The van der Waals surface area contributed by atoms with Gasteiger partial charge in [0.2, 0.25) is 0 Å². The van der Waals surface area contributed by atoms with Gasteiger partial charge in [-0.25, -0.2) is 0 Å². The smallest absolute Gasteiger partial charge is 0.0696 e. The van der Waals surface area contributed by atoms with E-state index in [1.807, 2.05) is 4.42 Å². The average molecular weight is 228 g/mol. The maximum absolute atomic E-state index is 6.28.